The van der Waals surface area contributed by atoms with Gasteiger partial charge in [0.15, 0.2) is 17.6 Å². The van der Waals surface area contributed by atoms with E-state index in [-0.39, 0.29) is 24.6 Å². The Labute approximate surface area is 193 Å². The molecule has 1 unspecified atom stereocenters. The van der Waals surface area contributed by atoms with Crippen molar-refractivity contribution in [1.29, 1.82) is 0 Å². The van der Waals surface area contributed by atoms with Crippen LogP contribution in [-0.4, -0.2) is 42.6 Å². The van der Waals surface area contributed by atoms with Crippen LogP contribution in [0.15, 0.2) is 59.4 Å². The number of nitrogens with zero attached hydrogens (tertiary/aromatic N) is 2. The SMILES string of the molecule is CCc1ccc(OC(C)C(=O)NCCn2nc(-c3ccc(OC)c(OC)c3)ccc2=O)cc1. The zero-order chi connectivity index (χ0) is 23.8. The van der Waals surface area contributed by atoms with E-state index in [1.54, 1.807) is 39.3 Å². The van der Waals surface area contributed by atoms with Gasteiger partial charge in [0.25, 0.3) is 11.5 Å². The zero-order valence-corrected chi connectivity index (χ0v) is 19.3. The molecule has 0 radical (unpaired) electrons. The topological polar surface area (TPSA) is 91.7 Å². The molecule has 1 amide bonds. The van der Waals surface area contributed by atoms with Crippen LogP contribution in [0.4, 0.5) is 0 Å². The number of hydrogen-bond donors (Lipinski definition) is 1. The first-order chi connectivity index (χ1) is 15.9. The van der Waals surface area contributed by atoms with E-state index in [0.29, 0.717) is 22.9 Å². The molecule has 0 aliphatic heterocycles. The molecule has 0 bridgehead atoms. The summed E-state index contributed by atoms with van der Waals surface area (Å²) < 4.78 is 17.6. The Bertz CT molecular complexity index is 1140. The van der Waals surface area contributed by atoms with Gasteiger partial charge in [-0.1, -0.05) is 19.1 Å². The van der Waals surface area contributed by atoms with E-state index >= 15 is 0 Å². The maximum atomic E-state index is 12.4. The molecule has 0 aliphatic carbocycles. The van der Waals surface area contributed by atoms with Gasteiger partial charge in [0.05, 0.1) is 26.5 Å². The molecule has 3 rings (SSSR count). The van der Waals surface area contributed by atoms with Crippen molar-refractivity contribution >= 4 is 5.91 Å². The van der Waals surface area contributed by atoms with Crippen molar-refractivity contribution in [1.82, 2.24) is 15.1 Å². The van der Waals surface area contributed by atoms with Crippen LogP contribution in [-0.2, 0) is 17.8 Å². The van der Waals surface area contributed by atoms with Crippen LogP contribution in [0, 0.1) is 0 Å². The molecule has 2 aromatic carbocycles. The fourth-order valence-corrected chi connectivity index (χ4v) is 3.25. The predicted molar refractivity (Wildman–Crippen MR) is 126 cm³/mol. The minimum atomic E-state index is -0.666. The van der Waals surface area contributed by atoms with Gasteiger partial charge in [-0.2, -0.15) is 5.10 Å². The average Bonchev–Trinajstić information content (AvgIpc) is 2.85. The van der Waals surface area contributed by atoms with Crippen LogP contribution in [0.5, 0.6) is 17.2 Å². The molecule has 174 valence electrons. The summed E-state index contributed by atoms with van der Waals surface area (Å²) in [6, 6.07) is 16.2. The molecule has 8 heteroatoms. The largest absolute Gasteiger partial charge is 0.493 e. The minimum absolute atomic E-state index is 0.226. The fraction of sp³-hybridized carbons (Fsp3) is 0.320. The number of carbonyl (C=O) groups is 1. The summed E-state index contributed by atoms with van der Waals surface area (Å²) in [5.74, 6) is 1.55. The first-order valence-electron chi connectivity index (χ1n) is 10.8. The first-order valence-corrected chi connectivity index (χ1v) is 10.8. The molecular weight excluding hydrogens is 422 g/mol. The molecule has 1 heterocycles. The molecule has 0 saturated heterocycles. The van der Waals surface area contributed by atoms with Crippen molar-refractivity contribution < 1.29 is 19.0 Å². The van der Waals surface area contributed by atoms with E-state index in [1.807, 2.05) is 30.3 Å². The van der Waals surface area contributed by atoms with Gasteiger partial charge >= 0.3 is 0 Å². The fourth-order valence-electron chi connectivity index (χ4n) is 3.25. The number of aryl methyl sites for hydroxylation is 1. The second kappa shape index (κ2) is 11.2. The van der Waals surface area contributed by atoms with Gasteiger partial charge in [-0.15, -0.1) is 0 Å². The lowest BCUT2D eigenvalue weighted by Gasteiger charge is -2.15. The molecule has 0 spiro atoms. The molecule has 0 fully saturated rings. The Morgan fingerprint density at radius 1 is 1.03 bits per heavy atom. The van der Waals surface area contributed by atoms with Crippen LogP contribution >= 0.6 is 0 Å². The first kappa shape index (κ1) is 23.8. The summed E-state index contributed by atoms with van der Waals surface area (Å²) >= 11 is 0. The third-order valence-electron chi connectivity index (χ3n) is 5.18. The van der Waals surface area contributed by atoms with Crippen molar-refractivity contribution in [2.24, 2.45) is 0 Å². The van der Waals surface area contributed by atoms with Crippen LogP contribution < -0.4 is 25.1 Å². The lowest BCUT2D eigenvalue weighted by Crippen LogP contribution is -2.39. The van der Waals surface area contributed by atoms with Gasteiger partial charge in [-0.05, 0) is 55.3 Å². The summed E-state index contributed by atoms with van der Waals surface area (Å²) in [5, 5.41) is 7.22. The van der Waals surface area contributed by atoms with Gasteiger partial charge in [-0.25, -0.2) is 4.68 Å². The van der Waals surface area contributed by atoms with E-state index in [1.165, 1.54) is 16.3 Å². The quantitative estimate of drug-likeness (QED) is 0.509. The predicted octanol–water partition coefficient (Wildman–Crippen LogP) is 3.07. The number of hydrogen-bond acceptors (Lipinski definition) is 6. The van der Waals surface area contributed by atoms with E-state index in [2.05, 4.69) is 17.3 Å². The Hall–Kier alpha value is -3.81. The van der Waals surface area contributed by atoms with E-state index in [4.69, 9.17) is 14.2 Å². The summed E-state index contributed by atoms with van der Waals surface area (Å²) in [4.78, 5) is 24.6. The van der Waals surface area contributed by atoms with E-state index in [9.17, 15) is 9.59 Å². The Balaban J connectivity index is 1.60. The highest BCUT2D eigenvalue weighted by atomic mass is 16.5. The maximum Gasteiger partial charge on any atom is 0.266 e. The third-order valence-corrected chi connectivity index (χ3v) is 5.18. The lowest BCUT2D eigenvalue weighted by molar-refractivity contribution is -0.127. The number of nitrogens with one attached hydrogen (secondary N) is 1. The molecule has 0 saturated carbocycles. The molecular formula is C25H29N3O5. The number of methoxy groups -OCH3 is 2. The van der Waals surface area contributed by atoms with Crippen molar-refractivity contribution in [2.45, 2.75) is 32.9 Å². The molecule has 0 aliphatic rings. The number of rotatable bonds is 10. The van der Waals surface area contributed by atoms with Crippen LogP contribution in [0.2, 0.25) is 0 Å². The average molecular weight is 452 g/mol. The van der Waals surface area contributed by atoms with Crippen molar-refractivity contribution in [2.75, 3.05) is 20.8 Å². The van der Waals surface area contributed by atoms with Gasteiger partial charge < -0.3 is 19.5 Å². The van der Waals surface area contributed by atoms with E-state index in [0.717, 1.165) is 12.0 Å². The van der Waals surface area contributed by atoms with E-state index < -0.39 is 6.10 Å². The molecule has 8 nitrogen and oxygen atoms in total. The van der Waals surface area contributed by atoms with Crippen molar-refractivity contribution in [3.63, 3.8) is 0 Å². The van der Waals surface area contributed by atoms with Crippen LogP contribution in [0.1, 0.15) is 19.4 Å². The summed E-state index contributed by atoms with van der Waals surface area (Å²) in [5.41, 5.74) is 2.33. The number of aromatic nitrogens is 2. The zero-order valence-electron chi connectivity index (χ0n) is 19.3. The highest BCUT2D eigenvalue weighted by Crippen LogP contribution is 2.31. The molecule has 3 aromatic rings. The highest BCUT2D eigenvalue weighted by molar-refractivity contribution is 5.80. The summed E-state index contributed by atoms with van der Waals surface area (Å²) in [6.45, 7) is 4.23. The number of carbonyl (C=O) groups excluding carboxylic acids is 1. The Morgan fingerprint density at radius 3 is 2.42 bits per heavy atom. The van der Waals surface area contributed by atoms with Crippen LogP contribution in [0.3, 0.4) is 0 Å². The molecule has 1 atom stereocenters. The second-order valence-corrected chi connectivity index (χ2v) is 7.40. The third kappa shape index (κ3) is 6.12. The maximum absolute atomic E-state index is 12.4. The monoisotopic (exact) mass is 451 g/mol. The standard InChI is InChI=1S/C25H29N3O5/c1-5-18-6-9-20(10-7-18)33-17(2)25(30)26-14-15-28-24(29)13-11-21(27-28)19-8-12-22(31-3)23(16-19)32-4/h6-13,16-17H,5,14-15H2,1-4H3,(H,26,30). The number of amides is 1. The number of benzene rings is 2. The summed E-state index contributed by atoms with van der Waals surface area (Å²) in [6.07, 6.45) is 0.275. The Kier molecular flexibility index (Phi) is 8.07. The van der Waals surface area contributed by atoms with Gasteiger partial charge in [0.2, 0.25) is 0 Å². The summed E-state index contributed by atoms with van der Waals surface area (Å²) in [7, 11) is 3.13. The highest BCUT2D eigenvalue weighted by Gasteiger charge is 2.14. The van der Waals surface area contributed by atoms with Gasteiger partial charge in [0.1, 0.15) is 5.75 Å². The lowest BCUT2D eigenvalue weighted by atomic mass is 10.1. The smallest absolute Gasteiger partial charge is 0.266 e. The molecule has 1 aromatic heterocycles. The Morgan fingerprint density at radius 2 is 1.76 bits per heavy atom. The normalized spacial score (nSPS) is 11.5. The second-order valence-electron chi connectivity index (χ2n) is 7.40. The van der Waals surface area contributed by atoms with Crippen molar-refractivity contribution in [3.8, 4) is 28.5 Å². The number of ether oxygens (including phenoxy) is 3. The van der Waals surface area contributed by atoms with Crippen LogP contribution in [0.25, 0.3) is 11.3 Å². The van der Waals surface area contributed by atoms with Gasteiger partial charge in [0, 0.05) is 18.2 Å². The molecule has 33 heavy (non-hydrogen) atoms. The molecule has 1 N–H and O–H groups in total. The van der Waals surface area contributed by atoms with Gasteiger partial charge in [-0.3, -0.25) is 9.59 Å². The minimum Gasteiger partial charge on any atom is -0.493 e. The van der Waals surface area contributed by atoms with Crippen molar-refractivity contribution in [3.05, 3.63) is 70.5 Å².